The fourth-order valence-electron chi connectivity index (χ4n) is 1.95. The van der Waals surface area contributed by atoms with Gasteiger partial charge < -0.3 is 9.67 Å². The van der Waals surface area contributed by atoms with E-state index in [0.717, 1.165) is 31.0 Å². The second kappa shape index (κ2) is 4.00. The highest BCUT2D eigenvalue weighted by Crippen LogP contribution is 2.19. The number of aliphatic carboxylic acids is 1. The van der Waals surface area contributed by atoms with Crippen LogP contribution in [0, 0.1) is 5.92 Å². The first kappa shape index (κ1) is 10.1. The molecular weight excluding hydrogens is 194 g/mol. The van der Waals surface area contributed by atoms with E-state index in [1.807, 2.05) is 0 Å². The Balaban J connectivity index is 2.10. The Morgan fingerprint density at radius 2 is 2.40 bits per heavy atom. The van der Waals surface area contributed by atoms with Crippen molar-refractivity contribution >= 4 is 5.97 Å². The van der Waals surface area contributed by atoms with Crippen molar-refractivity contribution in [1.82, 2.24) is 14.8 Å². The lowest BCUT2D eigenvalue weighted by molar-refractivity contribution is -0.137. The normalized spacial score (nSPS) is 19.9. The average Bonchev–Trinajstić information content (AvgIpc) is 2.57. The molecule has 1 aliphatic heterocycles. The van der Waals surface area contributed by atoms with E-state index < -0.39 is 5.97 Å². The van der Waals surface area contributed by atoms with Crippen molar-refractivity contribution in [3.05, 3.63) is 11.6 Å². The van der Waals surface area contributed by atoms with E-state index in [1.165, 1.54) is 0 Å². The summed E-state index contributed by atoms with van der Waals surface area (Å²) in [6, 6.07) is 0. The highest BCUT2D eigenvalue weighted by atomic mass is 16.4. The van der Waals surface area contributed by atoms with Gasteiger partial charge in [0.25, 0.3) is 0 Å². The van der Waals surface area contributed by atoms with Gasteiger partial charge in [0.2, 0.25) is 0 Å². The molecule has 0 amide bonds. The van der Waals surface area contributed by atoms with Gasteiger partial charge in [0.15, 0.2) is 0 Å². The summed E-state index contributed by atoms with van der Waals surface area (Å²) in [4.78, 5) is 10.5. The van der Waals surface area contributed by atoms with Crippen LogP contribution in [0.15, 0.2) is 0 Å². The summed E-state index contributed by atoms with van der Waals surface area (Å²) in [6.45, 7) is 3.13. The monoisotopic (exact) mass is 209 g/mol. The van der Waals surface area contributed by atoms with Gasteiger partial charge >= 0.3 is 5.97 Å². The second-order valence-electron chi connectivity index (χ2n) is 4.18. The number of carboxylic acid groups (broad SMARTS) is 1. The Morgan fingerprint density at radius 1 is 1.60 bits per heavy atom. The van der Waals surface area contributed by atoms with Crippen LogP contribution in [0.5, 0.6) is 0 Å². The first-order chi connectivity index (χ1) is 7.16. The predicted octanol–water partition coefficient (Wildman–Crippen LogP) is 0.878. The van der Waals surface area contributed by atoms with Crippen LogP contribution in [0.1, 0.15) is 31.4 Å². The molecule has 0 bridgehead atoms. The van der Waals surface area contributed by atoms with Crippen molar-refractivity contribution in [3.8, 4) is 0 Å². The first-order valence-electron chi connectivity index (χ1n) is 5.29. The summed E-state index contributed by atoms with van der Waals surface area (Å²) >= 11 is 0. The number of carbonyl (C=O) groups is 1. The molecule has 15 heavy (non-hydrogen) atoms. The summed E-state index contributed by atoms with van der Waals surface area (Å²) < 4.78 is 2.07. The topological polar surface area (TPSA) is 68.0 Å². The Morgan fingerprint density at radius 3 is 3.13 bits per heavy atom. The molecule has 2 rings (SSSR count). The number of hydrogen-bond acceptors (Lipinski definition) is 3. The molecule has 1 aromatic heterocycles. The molecule has 5 heteroatoms. The zero-order valence-corrected chi connectivity index (χ0v) is 8.81. The van der Waals surface area contributed by atoms with Crippen LogP contribution in [0.4, 0.5) is 0 Å². The van der Waals surface area contributed by atoms with E-state index in [9.17, 15) is 4.79 Å². The average molecular weight is 209 g/mol. The third-order valence-electron chi connectivity index (χ3n) is 2.84. The summed E-state index contributed by atoms with van der Waals surface area (Å²) in [5.74, 6) is 1.71. The molecule has 1 aliphatic rings. The van der Waals surface area contributed by atoms with Crippen LogP contribution in [0.25, 0.3) is 0 Å². The number of carboxylic acids is 1. The van der Waals surface area contributed by atoms with Crippen molar-refractivity contribution in [2.75, 3.05) is 0 Å². The van der Waals surface area contributed by atoms with Crippen molar-refractivity contribution in [1.29, 1.82) is 0 Å². The van der Waals surface area contributed by atoms with Gasteiger partial charge in [0.05, 0.1) is 6.42 Å². The number of fused-ring (bicyclic) bond motifs is 1. The van der Waals surface area contributed by atoms with Crippen molar-refractivity contribution in [2.24, 2.45) is 5.92 Å². The Kier molecular flexibility index (Phi) is 2.70. The third kappa shape index (κ3) is 2.16. The van der Waals surface area contributed by atoms with Gasteiger partial charge in [0.1, 0.15) is 11.6 Å². The molecule has 82 valence electrons. The lowest BCUT2D eigenvalue weighted by atomic mass is 10.0. The fourth-order valence-corrected chi connectivity index (χ4v) is 1.95. The quantitative estimate of drug-likeness (QED) is 0.802. The van der Waals surface area contributed by atoms with E-state index in [-0.39, 0.29) is 6.42 Å². The SMILES string of the molecule is CC1CCn2c(CCC(=O)O)nnc2C1. The van der Waals surface area contributed by atoms with Crippen LogP contribution < -0.4 is 0 Å². The minimum absolute atomic E-state index is 0.133. The van der Waals surface area contributed by atoms with E-state index in [4.69, 9.17) is 5.11 Å². The van der Waals surface area contributed by atoms with E-state index in [0.29, 0.717) is 12.3 Å². The van der Waals surface area contributed by atoms with E-state index in [1.54, 1.807) is 0 Å². The largest absolute Gasteiger partial charge is 0.481 e. The number of nitrogens with zero attached hydrogens (tertiary/aromatic N) is 3. The summed E-state index contributed by atoms with van der Waals surface area (Å²) in [6.07, 6.45) is 2.70. The second-order valence-corrected chi connectivity index (χ2v) is 4.18. The molecule has 1 aromatic rings. The molecule has 1 atom stereocenters. The molecule has 0 saturated carbocycles. The number of aromatic nitrogens is 3. The summed E-state index contributed by atoms with van der Waals surface area (Å²) in [7, 11) is 0. The molecule has 0 radical (unpaired) electrons. The molecule has 0 spiro atoms. The smallest absolute Gasteiger partial charge is 0.303 e. The van der Waals surface area contributed by atoms with Gasteiger partial charge in [-0.3, -0.25) is 4.79 Å². The molecular formula is C10H15N3O2. The molecule has 1 N–H and O–H groups in total. The maximum absolute atomic E-state index is 10.5. The van der Waals surface area contributed by atoms with Crippen LogP contribution in [-0.4, -0.2) is 25.8 Å². The zero-order valence-electron chi connectivity index (χ0n) is 8.81. The molecule has 0 fully saturated rings. The molecule has 0 aromatic carbocycles. The van der Waals surface area contributed by atoms with Gasteiger partial charge in [-0.1, -0.05) is 6.92 Å². The van der Waals surface area contributed by atoms with Crippen molar-refractivity contribution in [2.45, 2.75) is 39.2 Å². The third-order valence-corrected chi connectivity index (χ3v) is 2.84. The Bertz CT molecular complexity index is 373. The van der Waals surface area contributed by atoms with Crippen molar-refractivity contribution < 1.29 is 9.90 Å². The van der Waals surface area contributed by atoms with Gasteiger partial charge in [-0.25, -0.2) is 0 Å². The predicted molar refractivity (Wildman–Crippen MR) is 53.5 cm³/mol. The lowest BCUT2D eigenvalue weighted by Gasteiger charge is -2.19. The Hall–Kier alpha value is -1.39. The highest BCUT2D eigenvalue weighted by Gasteiger charge is 2.20. The van der Waals surface area contributed by atoms with Crippen LogP contribution in [0.2, 0.25) is 0 Å². The van der Waals surface area contributed by atoms with Gasteiger partial charge in [0, 0.05) is 19.4 Å². The zero-order chi connectivity index (χ0) is 10.8. The maximum Gasteiger partial charge on any atom is 0.303 e. The first-order valence-corrected chi connectivity index (χ1v) is 5.29. The lowest BCUT2D eigenvalue weighted by Crippen LogP contribution is -2.19. The van der Waals surface area contributed by atoms with Gasteiger partial charge in [-0.15, -0.1) is 10.2 Å². The molecule has 0 saturated heterocycles. The fraction of sp³-hybridized carbons (Fsp3) is 0.700. The number of hydrogen-bond donors (Lipinski definition) is 1. The minimum Gasteiger partial charge on any atom is -0.481 e. The molecule has 0 aliphatic carbocycles. The van der Waals surface area contributed by atoms with Crippen LogP contribution >= 0.6 is 0 Å². The number of rotatable bonds is 3. The van der Waals surface area contributed by atoms with E-state index >= 15 is 0 Å². The molecule has 2 heterocycles. The van der Waals surface area contributed by atoms with Crippen molar-refractivity contribution in [3.63, 3.8) is 0 Å². The van der Waals surface area contributed by atoms with Crippen LogP contribution in [-0.2, 0) is 24.2 Å². The molecule has 5 nitrogen and oxygen atoms in total. The number of aryl methyl sites for hydroxylation is 1. The standard InChI is InChI=1S/C10H15N3O2/c1-7-4-5-13-8(2-3-10(14)15)11-12-9(13)6-7/h7H,2-6H2,1H3,(H,14,15). The highest BCUT2D eigenvalue weighted by molar-refractivity contribution is 5.66. The van der Waals surface area contributed by atoms with Gasteiger partial charge in [-0.05, 0) is 12.3 Å². The van der Waals surface area contributed by atoms with E-state index in [2.05, 4.69) is 21.7 Å². The Labute approximate surface area is 88.1 Å². The van der Waals surface area contributed by atoms with Gasteiger partial charge in [-0.2, -0.15) is 0 Å². The summed E-state index contributed by atoms with van der Waals surface area (Å²) in [5, 5.41) is 16.8. The summed E-state index contributed by atoms with van der Waals surface area (Å²) in [5.41, 5.74) is 0. The van der Waals surface area contributed by atoms with Crippen LogP contribution in [0.3, 0.4) is 0 Å². The minimum atomic E-state index is -0.781. The molecule has 1 unspecified atom stereocenters. The maximum atomic E-state index is 10.5.